The first-order chi connectivity index (χ1) is 6.70. The lowest BCUT2D eigenvalue weighted by atomic mass is 10.3. The van der Waals surface area contributed by atoms with Gasteiger partial charge in [0.25, 0.3) is 0 Å². The lowest BCUT2D eigenvalue weighted by Crippen LogP contribution is -2.03. The van der Waals surface area contributed by atoms with Crippen LogP contribution in [0.3, 0.4) is 0 Å². The summed E-state index contributed by atoms with van der Waals surface area (Å²) in [6, 6.07) is 1.42. The molecular weight excluding hydrogens is 198 g/mol. The monoisotopic (exact) mass is 207 g/mol. The van der Waals surface area contributed by atoms with Gasteiger partial charge in [-0.05, 0) is 0 Å². The number of aromatic amines is 1. The molecule has 0 saturated carbocycles. The van der Waals surface area contributed by atoms with Crippen LogP contribution >= 0.6 is 11.8 Å². The second-order valence-electron chi connectivity index (χ2n) is 2.50. The molecule has 0 aliphatic heterocycles. The first kappa shape index (κ1) is 10.6. The number of thioether (sulfide) groups is 1. The minimum absolute atomic E-state index is 0.0290. The molecule has 0 saturated heterocycles. The third kappa shape index (κ3) is 3.50. The van der Waals surface area contributed by atoms with E-state index in [0.717, 1.165) is 11.8 Å². The summed E-state index contributed by atoms with van der Waals surface area (Å²) in [5.41, 5.74) is 0.320. The van der Waals surface area contributed by atoms with Gasteiger partial charge >= 0.3 is 0 Å². The Kier molecular flexibility index (Phi) is 4.02. The van der Waals surface area contributed by atoms with Crippen LogP contribution in [0.15, 0.2) is 23.3 Å². The van der Waals surface area contributed by atoms with Crippen LogP contribution in [0.5, 0.6) is 0 Å². The van der Waals surface area contributed by atoms with Crippen molar-refractivity contribution in [2.75, 3.05) is 5.75 Å². The number of hydrogen-bond donors (Lipinski definition) is 1. The molecule has 0 amide bonds. The summed E-state index contributed by atoms with van der Waals surface area (Å²) in [5.74, 6) is 5.87. The topological polar surface area (TPSA) is 49.9 Å². The molecule has 3 nitrogen and oxygen atoms in total. The fourth-order valence-corrected chi connectivity index (χ4v) is 1.13. The minimum Gasteiger partial charge on any atom is -0.366 e. The van der Waals surface area contributed by atoms with Crippen molar-refractivity contribution in [1.82, 2.24) is 4.98 Å². The SMILES string of the molecule is CC(=O)SCC#Cc1c[nH]ccc1=O. The van der Waals surface area contributed by atoms with E-state index in [1.807, 2.05) is 0 Å². The van der Waals surface area contributed by atoms with E-state index in [-0.39, 0.29) is 10.5 Å². The molecule has 0 aliphatic carbocycles. The maximum absolute atomic E-state index is 11.2. The molecule has 4 heteroatoms. The number of nitrogens with one attached hydrogen (secondary N) is 1. The number of H-pyrrole nitrogens is 1. The molecule has 1 heterocycles. The highest BCUT2D eigenvalue weighted by Crippen LogP contribution is 1.98. The molecule has 0 bridgehead atoms. The number of rotatable bonds is 1. The third-order valence-corrected chi connectivity index (χ3v) is 2.09. The van der Waals surface area contributed by atoms with Crippen molar-refractivity contribution in [1.29, 1.82) is 0 Å². The summed E-state index contributed by atoms with van der Waals surface area (Å²) < 4.78 is 0. The van der Waals surface area contributed by atoms with Gasteiger partial charge in [0.15, 0.2) is 10.5 Å². The zero-order valence-corrected chi connectivity index (χ0v) is 8.48. The van der Waals surface area contributed by atoms with Crippen molar-refractivity contribution in [2.24, 2.45) is 0 Å². The van der Waals surface area contributed by atoms with E-state index in [1.54, 1.807) is 12.4 Å². The molecule has 72 valence electrons. The van der Waals surface area contributed by atoms with Crippen molar-refractivity contribution in [3.05, 3.63) is 34.2 Å². The summed E-state index contributed by atoms with van der Waals surface area (Å²) in [4.78, 5) is 24.5. The van der Waals surface area contributed by atoms with Crippen LogP contribution in [0.25, 0.3) is 0 Å². The molecule has 0 spiro atoms. The van der Waals surface area contributed by atoms with Gasteiger partial charge in [-0.1, -0.05) is 23.6 Å². The maximum Gasteiger partial charge on any atom is 0.197 e. The van der Waals surface area contributed by atoms with E-state index in [2.05, 4.69) is 16.8 Å². The molecule has 0 radical (unpaired) electrons. The molecule has 1 aromatic rings. The molecule has 1 aromatic heterocycles. The van der Waals surface area contributed by atoms with Gasteiger partial charge in [-0.3, -0.25) is 9.59 Å². The zero-order chi connectivity index (χ0) is 10.4. The van der Waals surface area contributed by atoms with Gasteiger partial charge in [-0.15, -0.1) is 0 Å². The van der Waals surface area contributed by atoms with Crippen LogP contribution in [0.1, 0.15) is 12.5 Å². The molecular formula is C10H9NO2S. The fourth-order valence-electron chi connectivity index (χ4n) is 0.783. The van der Waals surface area contributed by atoms with Crippen LogP contribution < -0.4 is 5.43 Å². The summed E-state index contributed by atoms with van der Waals surface area (Å²) in [7, 11) is 0. The molecule has 14 heavy (non-hydrogen) atoms. The van der Waals surface area contributed by atoms with Gasteiger partial charge in [0.05, 0.1) is 11.3 Å². The Labute approximate surface area is 85.9 Å². The van der Waals surface area contributed by atoms with E-state index in [0.29, 0.717) is 11.3 Å². The molecule has 0 aromatic carbocycles. The van der Waals surface area contributed by atoms with Crippen molar-refractivity contribution >= 4 is 16.9 Å². The Bertz CT molecular complexity index is 439. The van der Waals surface area contributed by atoms with Gasteiger partial charge in [-0.25, -0.2) is 0 Å². The fraction of sp³-hybridized carbons (Fsp3) is 0.200. The number of pyridine rings is 1. The molecule has 1 N–H and O–H groups in total. The minimum atomic E-state index is -0.107. The number of aromatic nitrogens is 1. The van der Waals surface area contributed by atoms with Gasteiger partial charge in [0.2, 0.25) is 0 Å². The van der Waals surface area contributed by atoms with Crippen molar-refractivity contribution in [2.45, 2.75) is 6.92 Å². The molecule has 0 aliphatic rings. The van der Waals surface area contributed by atoms with E-state index in [1.165, 1.54) is 13.0 Å². The first-order valence-corrected chi connectivity index (χ1v) is 4.98. The third-order valence-electron chi connectivity index (χ3n) is 1.39. The highest BCUT2D eigenvalue weighted by Gasteiger charge is 1.92. The Morgan fingerprint density at radius 1 is 1.64 bits per heavy atom. The molecule has 0 atom stereocenters. The van der Waals surface area contributed by atoms with Crippen LogP contribution in [0, 0.1) is 11.8 Å². The summed E-state index contributed by atoms with van der Waals surface area (Å²) in [5, 5.41) is 0.0290. The van der Waals surface area contributed by atoms with Gasteiger partial charge in [0.1, 0.15) is 0 Å². The summed E-state index contributed by atoms with van der Waals surface area (Å²) >= 11 is 1.13. The van der Waals surface area contributed by atoms with E-state index in [4.69, 9.17) is 0 Å². The summed E-state index contributed by atoms with van der Waals surface area (Å²) in [6.07, 6.45) is 3.10. The van der Waals surface area contributed by atoms with Gasteiger partial charge in [-0.2, -0.15) is 0 Å². The highest BCUT2D eigenvalue weighted by molar-refractivity contribution is 8.13. The smallest absolute Gasteiger partial charge is 0.197 e. The second-order valence-corrected chi connectivity index (χ2v) is 3.66. The predicted octanol–water partition coefficient (Wildman–Crippen LogP) is 1.01. The molecule has 0 fully saturated rings. The Balaban J connectivity index is 2.64. The average molecular weight is 207 g/mol. The normalized spacial score (nSPS) is 8.93. The zero-order valence-electron chi connectivity index (χ0n) is 7.66. The van der Waals surface area contributed by atoms with E-state index < -0.39 is 0 Å². The molecule has 1 rings (SSSR count). The lowest BCUT2D eigenvalue weighted by Gasteiger charge is -1.87. The number of carbonyl (C=O) groups is 1. The van der Waals surface area contributed by atoms with Gasteiger partial charge < -0.3 is 4.98 Å². The summed E-state index contributed by atoms with van der Waals surface area (Å²) in [6.45, 7) is 1.49. The number of carbonyl (C=O) groups excluding carboxylic acids is 1. The van der Waals surface area contributed by atoms with Crippen molar-refractivity contribution in [3.8, 4) is 11.8 Å². The average Bonchev–Trinajstić information content (AvgIpc) is 2.15. The largest absolute Gasteiger partial charge is 0.366 e. The van der Waals surface area contributed by atoms with Crippen LogP contribution in [-0.2, 0) is 4.79 Å². The Hall–Kier alpha value is -1.47. The van der Waals surface area contributed by atoms with Crippen molar-refractivity contribution < 1.29 is 4.79 Å². The van der Waals surface area contributed by atoms with Crippen molar-refractivity contribution in [3.63, 3.8) is 0 Å². The Morgan fingerprint density at radius 2 is 2.43 bits per heavy atom. The standard InChI is InChI=1S/C10H9NO2S/c1-8(12)14-6-2-3-9-7-11-5-4-10(9)13/h4-5,7H,6H2,1H3,(H,11,13). The quantitative estimate of drug-likeness (QED) is 0.699. The van der Waals surface area contributed by atoms with Crippen LogP contribution in [0.2, 0.25) is 0 Å². The second kappa shape index (κ2) is 5.30. The van der Waals surface area contributed by atoms with Crippen LogP contribution in [0.4, 0.5) is 0 Å². The number of hydrogen-bond acceptors (Lipinski definition) is 3. The predicted molar refractivity (Wildman–Crippen MR) is 57.1 cm³/mol. The van der Waals surface area contributed by atoms with E-state index >= 15 is 0 Å². The van der Waals surface area contributed by atoms with Crippen LogP contribution in [-0.4, -0.2) is 15.9 Å². The molecule has 0 unspecified atom stereocenters. The maximum atomic E-state index is 11.2. The van der Waals surface area contributed by atoms with E-state index in [9.17, 15) is 9.59 Å². The Morgan fingerprint density at radius 3 is 3.07 bits per heavy atom. The lowest BCUT2D eigenvalue weighted by molar-refractivity contribution is -0.109. The highest BCUT2D eigenvalue weighted by atomic mass is 32.2. The van der Waals surface area contributed by atoms with Gasteiger partial charge in [0, 0.05) is 25.4 Å². The first-order valence-electron chi connectivity index (χ1n) is 3.99.